The zero-order valence-corrected chi connectivity index (χ0v) is 32.4. The molecule has 5 atom stereocenters. The summed E-state index contributed by atoms with van der Waals surface area (Å²) in [7, 11) is 1.27. The summed E-state index contributed by atoms with van der Waals surface area (Å²) in [5.41, 5.74) is 7.55. The number of nitrogens with one attached hydrogen (secondary N) is 5. The molecule has 1 fully saturated rings. The lowest BCUT2D eigenvalue weighted by molar-refractivity contribution is -0.149. The molecule has 58 heavy (non-hydrogen) atoms. The predicted octanol–water partition coefficient (Wildman–Crippen LogP) is -0.379. The highest BCUT2D eigenvalue weighted by Gasteiger charge is 2.42. The van der Waals surface area contributed by atoms with Crippen LogP contribution in [0.1, 0.15) is 61.9 Å². The van der Waals surface area contributed by atoms with E-state index in [4.69, 9.17) is 10.5 Å². The minimum absolute atomic E-state index is 0.0236. The molecule has 0 bridgehead atoms. The average molecular weight is 801 g/mol. The third-order valence-corrected chi connectivity index (χ3v) is 10.1. The van der Waals surface area contributed by atoms with E-state index in [9.17, 15) is 43.5 Å². The van der Waals surface area contributed by atoms with Crippen molar-refractivity contribution in [1.82, 2.24) is 36.1 Å². The number of nitrogens with zero attached hydrogens (tertiary/aromatic N) is 2. The number of cyclic esters (lactones) is 1. The molecule has 0 radical (unpaired) electrons. The van der Waals surface area contributed by atoms with Crippen LogP contribution in [0.5, 0.6) is 5.75 Å². The van der Waals surface area contributed by atoms with Crippen molar-refractivity contribution in [1.29, 1.82) is 0 Å². The Bertz CT molecular complexity index is 2030. The van der Waals surface area contributed by atoms with Gasteiger partial charge in [0, 0.05) is 58.3 Å². The normalized spacial score (nSPS) is 18.4. The van der Waals surface area contributed by atoms with E-state index in [0.717, 1.165) is 11.1 Å². The Morgan fingerprint density at radius 2 is 1.62 bits per heavy atom. The maximum absolute atomic E-state index is 14.5. The first-order valence-corrected chi connectivity index (χ1v) is 18.8. The van der Waals surface area contributed by atoms with Crippen LogP contribution in [-0.2, 0) is 68.9 Å². The number of aromatic amines is 1. The van der Waals surface area contributed by atoms with Gasteiger partial charge in [-0.1, -0.05) is 36.4 Å². The fraction of sp³-hybridized carbons (Fsp3) is 0.425. The van der Waals surface area contributed by atoms with Crippen molar-refractivity contribution in [3.63, 3.8) is 0 Å². The molecule has 3 heterocycles. The number of hydrogen-bond donors (Lipinski definition) is 7. The van der Waals surface area contributed by atoms with E-state index < -0.39 is 89.3 Å². The molecule has 3 aromatic rings. The molecule has 8 N–H and O–H groups in total. The molecule has 0 saturated carbocycles. The number of carbonyl (C=O) groups is 8. The fourth-order valence-electron chi connectivity index (χ4n) is 7.15. The highest BCUT2D eigenvalue weighted by atomic mass is 16.6. The first-order chi connectivity index (χ1) is 27.5. The smallest absolute Gasteiger partial charge is 0.310 e. The van der Waals surface area contributed by atoms with Crippen molar-refractivity contribution >= 4 is 47.2 Å². The van der Waals surface area contributed by atoms with Gasteiger partial charge in [-0.05, 0) is 49.1 Å². The van der Waals surface area contributed by atoms with Crippen molar-refractivity contribution < 1.29 is 48.2 Å². The number of primary amides is 1. The van der Waals surface area contributed by atoms with Crippen LogP contribution in [0.4, 0.5) is 0 Å². The standard InChI is InChI=1S/C40H48N8O10/c1-40(2)18-25(39(57)58-40)16-33(51)45-28(12-13-32(50)37(55)42-3)35(53)46-29(17-26-19-43-21-44-26)36(54)47-30(14-22-8-10-27(49)11-9-22)38(56)48-20-24-7-5-4-6-23(24)15-31(48)34(41)52/h4-11,19,21,25,28-31,49H,12-18,20H2,1-3H3,(H2,41,52)(H,42,55)(H,43,44)(H,45,51)(H,46,53)(H,47,54)/t25?,28-,29?,30?,31?/m0/s1. The number of fused-ring (bicyclic) bond motifs is 1. The number of likely N-dealkylation sites (N-methyl/N-ethyl adjacent to an activating group) is 1. The van der Waals surface area contributed by atoms with Gasteiger partial charge in [-0.2, -0.15) is 0 Å². The minimum Gasteiger partial charge on any atom is -0.508 e. The number of nitrogens with two attached hydrogens (primary N) is 1. The number of amides is 6. The lowest BCUT2D eigenvalue weighted by atomic mass is 9.92. The van der Waals surface area contributed by atoms with Crippen LogP contribution in [0.3, 0.4) is 0 Å². The number of ketones is 1. The van der Waals surface area contributed by atoms with Gasteiger partial charge in [0.05, 0.1) is 17.9 Å². The van der Waals surface area contributed by atoms with Gasteiger partial charge in [0.2, 0.25) is 35.3 Å². The molecule has 0 aliphatic carbocycles. The van der Waals surface area contributed by atoms with E-state index in [1.807, 2.05) is 18.2 Å². The van der Waals surface area contributed by atoms with Gasteiger partial charge in [-0.25, -0.2) is 4.98 Å². The predicted molar refractivity (Wildman–Crippen MR) is 205 cm³/mol. The highest BCUT2D eigenvalue weighted by molar-refractivity contribution is 6.36. The lowest BCUT2D eigenvalue weighted by Crippen LogP contribution is -2.60. The van der Waals surface area contributed by atoms with Crippen LogP contribution in [0.25, 0.3) is 0 Å². The van der Waals surface area contributed by atoms with Crippen LogP contribution in [-0.4, -0.2) is 104 Å². The van der Waals surface area contributed by atoms with Crippen molar-refractivity contribution in [2.75, 3.05) is 7.05 Å². The number of hydrogen-bond acceptors (Lipinski definition) is 11. The number of esters is 1. The first kappa shape index (κ1) is 42.6. The number of aromatic hydroxyl groups is 1. The van der Waals surface area contributed by atoms with Gasteiger partial charge < -0.3 is 46.7 Å². The van der Waals surface area contributed by atoms with Crippen molar-refractivity contribution in [2.45, 2.75) is 95.1 Å². The van der Waals surface area contributed by atoms with E-state index >= 15 is 0 Å². The fourth-order valence-corrected chi connectivity index (χ4v) is 7.15. The summed E-state index contributed by atoms with van der Waals surface area (Å²) < 4.78 is 5.32. The Morgan fingerprint density at radius 3 is 2.24 bits per heavy atom. The topological polar surface area (TPSA) is 272 Å². The molecule has 5 rings (SSSR count). The average Bonchev–Trinajstić information content (AvgIpc) is 3.80. The molecular weight excluding hydrogens is 752 g/mol. The Morgan fingerprint density at radius 1 is 0.948 bits per heavy atom. The SMILES string of the molecule is CNC(=O)C(=O)CC[C@H](NC(=O)CC1CC(C)(C)OC1=O)C(=O)NC(Cc1c[nH]cn1)C(=O)NC(Cc1ccc(O)cc1)C(=O)N1Cc2ccccc2CC1C(N)=O. The number of aromatic nitrogens is 2. The van der Waals surface area contributed by atoms with Crippen LogP contribution in [0, 0.1) is 5.92 Å². The summed E-state index contributed by atoms with van der Waals surface area (Å²) in [6.45, 7) is 3.45. The quantitative estimate of drug-likeness (QED) is 0.0683. The molecule has 1 aromatic heterocycles. The van der Waals surface area contributed by atoms with Crippen LogP contribution >= 0.6 is 0 Å². The number of rotatable bonds is 17. The molecular formula is C40H48N8O10. The molecule has 4 unspecified atom stereocenters. The maximum Gasteiger partial charge on any atom is 0.310 e. The van der Waals surface area contributed by atoms with Gasteiger partial charge in [0.25, 0.3) is 5.91 Å². The molecule has 308 valence electrons. The molecule has 2 aromatic carbocycles. The Labute approximate surface area is 334 Å². The van der Waals surface area contributed by atoms with Crippen molar-refractivity contribution in [3.05, 3.63) is 83.4 Å². The van der Waals surface area contributed by atoms with Crippen LogP contribution in [0.15, 0.2) is 61.1 Å². The molecule has 1 saturated heterocycles. The summed E-state index contributed by atoms with van der Waals surface area (Å²) in [5, 5.41) is 20.0. The highest BCUT2D eigenvalue weighted by Crippen LogP contribution is 2.32. The second kappa shape index (κ2) is 18.6. The number of carbonyl (C=O) groups excluding carboxylic acids is 8. The second-order valence-electron chi connectivity index (χ2n) is 15.1. The first-order valence-electron chi connectivity index (χ1n) is 18.8. The van der Waals surface area contributed by atoms with Gasteiger partial charge in [0.15, 0.2) is 0 Å². The van der Waals surface area contributed by atoms with Crippen LogP contribution in [0.2, 0.25) is 0 Å². The zero-order chi connectivity index (χ0) is 42.1. The number of H-pyrrole nitrogens is 1. The largest absolute Gasteiger partial charge is 0.508 e. The molecule has 2 aliphatic rings. The Balaban J connectivity index is 1.41. The summed E-state index contributed by atoms with van der Waals surface area (Å²) >= 11 is 0. The number of imidazole rings is 1. The number of ether oxygens (including phenoxy) is 1. The molecule has 18 heteroatoms. The third-order valence-electron chi connectivity index (χ3n) is 10.1. The van der Waals surface area contributed by atoms with Gasteiger partial charge in [-0.3, -0.25) is 38.4 Å². The van der Waals surface area contributed by atoms with Gasteiger partial charge in [-0.15, -0.1) is 0 Å². The molecule has 0 spiro atoms. The lowest BCUT2D eigenvalue weighted by Gasteiger charge is -2.37. The van der Waals surface area contributed by atoms with Gasteiger partial charge >= 0.3 is 5.97 Å². The molecule has 6 amide bonds. The van der Waals surface area contributed by atoms with Crippen molar-refractivity contribution in [3.8, 4) is 5.75 Å². The molecule has 18 nitrogen and oxygen atoms in total. The second-order valence-corrected chi connectivity index (χ2v) is 15.1. The van der Waals surface area contributed by atoms with E-state index in [1.54, 1.807) is 32.0 Å². The minimum atomic E-state index is -1.44. The van der Waals surface area contributed by atoms with E-state index in [1.165, 1.54) is 36.6 Å². The van der Waals surface area contributed by atoms with Crippen LogP contribution < -0.4 is 27.0 Å². The van der Waals surface area contributed by atoms with E-state index in [2.05, 4.69) is 31.2 Å². The number of phenolic OH excluding ortho intramolecular Hbond substituents is 1. The van der Waals surface area contributed by atoms with E-state index in [-0.39, 0.29) is 50.8 Å². The maximum atomic E-state index is 14.5. The molecule has 2 aliphatic heterocycles. The van der Waals surface area contributed by atoms with Crippen molar-refractivity contribution in [2.24, 2.45) is 11.7 Å². The zero-order valence-electron chi connectivity index (χ0n) is 32.4. The summed E-state index contributed by atoms with van der Waals surface area (Å²) in [6, 6.07) is 8.08. The third kappa shape index (κ3) is 11.0. The Kier molecular flexibility index (Phi) is 13.6. The monoisotopic (exact) mass is 800 g/mol. The summed E-state index contributed by atoms with van der Waals surface area (Å²) in [5.74, 6) is -6.93. The summed E-state index contributed by atoms with van der Waals surface area (Å²) in [4.78, 5) is 114. The number of Topliss-reactive ketones (excluding diaryl/α,β-unsaturated/α-hetero) is 1. The van der Waals surface area contributed by atoms with E-state index in [0.29, 0.717) is 11.3 Å². The number of phenols is 1. The Hall–Kier alpha value is -6.59. The number of benzene rings is 2. The van der Waals surface area contributed by atoms with Gasteiger partial charge in [0.1, 0.15) is 35.5 Å². The summed E-state index contributed by atoms with van der Waals surface area (Å²) in [6.07, 6.45) is 1.89.